The Labute approximate surface area is 92.2 Å². The minimum atomic E-state index is -0.160. The van der Waals surface area contributed by atoms with E-state index in [-0.39, 0.29) is 36.1 Å². The van der Waals surface area contributed by atoms with Crippen molar-refractivity contribution in [2.24, 2.45) is 23.5 Å². The number of hydrogen-bond donors (Lipinski definition) is 1. The van der Waals surface area contributed by atoms with Crippen LogP contribution in [0.15, 0.2) is 22.8 Å². The smallest absolute Gasteiger partial charge is 0.233 e. The number of nitrogens with zero attached hydrogens (tertiary/aromatic N) is 1. The summed E-state index contributed by atoms with van der Waals surface area (Å²) in [6, 6.07) is 3.49. The number of rotatable bonds is 3. The highest BCUT2D eigenvalue weighted by atomic mass is 16.3. The highest BCUT2D eigenvalue weighted by Crippen LogP contribution is 2.52. The Morgan fingerprint density at radius 3 is 2.50 bits per heavy atom. The molecule has 1 saturated carbocycles. The summed E-state index contributed by atoms with van der Waals surface area (Å²) >= 11 is 0. The summed E-state index contributed by atoms with van der Waals surface area (Å²) in [7, 11) is 0. The lowest BCUT2D eigenvalue weighted by Gasteiger charge is -2.16. The first kappa shape index (κ1) is 9.59. The van der Waals surface area contributed by atoms with E-state index in [1.54, 1.807) is 12.1 Å². The van der Waals surface area contributed by atoms with Crippen molar-refractivity contribution in [2.45, 2.75) is 6.54 Å². The highest BCUT2D eigenvalue weighted by molar-refractivity contribution is 6.09. The number of amides is 2. The van der Waals surface area contributed by atoms with Gasteiger partial charge in [0.15, 0.2) is 0 Å². The monoisotopic (exact) mass is 220 g/mol. The third-order valence-corrected chi connectivity index (χ3v) is 3.44. The molecule has 1 aliphatic carbocycles. The topological polar surface area (TPSA) is 76.5 Å². The van der Waals surface area contributed by atoms with Gasteiger partial charge in [-0.3, -0.25) is 14.5 Å². The normalized spacial score (nSPS) is 32.1. The van der Waals surface area contributed by atoms with Crippen LogP contribution in [0.25, 0.3) is 0 Å². The summed E-state index contributed by atoms with van der Waals surface area (Å²) in [6.45, 7) is 0.663. The number of carbonyl (C=O) groups excluding carboxylic acids is 2. The van der Waals surface area contributed by atoms with Gasteiger partial charge in [0.2, 0.25) is 11.8 Å². The molecule has 0 bridgehead atoms. The van der Waals surface area contributed by atoms with Crippen molar-refractivity contribution < 1.29 is 14.0 Å². The number of imide groups is 1. The van der Waals surface area contributed by atoms with Gasteiger partial charge in [0.25, 0.3) is 0 Å². The van der Waals surface area contributed by atoms with Crippen LogP contribution in [-0.4, -0.2) is 23.3 Å². The zero-order valence-electron chi connectivity index (χ0n) is 8.63. The lowest BCUT2D eigenvalue weighted by atomic mass is 10.2. The Kier molecular flexibility index (Phi) is 1.91. The van der Waals surface area contributed by atoms with E-state index in [0.717, 1.165) is 0 Å². The molecule has 0 aromatic carbocycles. The van der Waals surface area contributed by atoms with E-state index in [1.807, 2.05) is 0 Å². The number of carbonyl (C=O) groups is 2. The zero-order chi connectivity index (χ0) is 11.3. The van der Waals surface area contributed by atoms with Gasteiger partial charge in [-0.25, -0.2) is 0 Å². The fourth-order valence-electron chi connectivity index (χ4n) is 2.52. The summed E-state index contributed by atoms with van der Waals surface area (Å²) in [6.07, 6.45) is 1.53. The van der Waals surface area contributed by atoms with Gasteiger partial charge in [-0.05, 0) is 24.6 Å². The molecule has 1 aliphatic heterocycles. The standard InChI is InChI=1S/C11H12N2O3/c12-4-7-8-9(7)11(15)13(10(8)14)5-6-2-1-3-16-6/h1-3,7-9H,4-5,12H2. The van der Waals surface area contributed by atoms with Crippen molar-refractivity contribution in [3.8, 4) is 0 Å². The molecule has 2 N–H and O–H groups in total. The van der Waals surface area contributed by atoms with Gasteiger partial charge in [-0.1, -0.05) is 0 Å². The van der Waals surface area contributed by atoms with Crippen LogP contribution in [-0.2, 0) is 16.1 Å². The molecule has 2 heterocycles. The van der Waals surface area contributed by atoms with Crippen molar-refractivity contribution in [3.05, 3.63) is 24.2 Å². The first-order valence-electron chi connectivity index (χ1n) is 5.31. The largest absolute Gasteiger partial charge is 0.467 e. The van der Waals surface area contributed by atoms with Crippen LogP contribution in [0.2, 0.25) is 0 Å². The maximum absolute atomic E-state index is 11.9. The lowest BCUT2D eigenvalue weighted by Crippen LogP contribution is -2.35. The average Bonchev–Trinajstić information content (AvgIpc) is 2.69. The first-order chi connectivity index (χ1) is 7.74. The molecule has 84 valence electrons. The van der Waals surface area contributed by atoms with Crippen LogP contribution in [0.1, 0.15) is 5.76 Å². The van der Waals surface area contributed by atoms with Crippen LogP contribution in [0.5, 0.6) is 0 Å². The molecule has 2 atom stereocenters. The molecule has 0 spiro atoms. The van der Waals surface area contributed by atoms with Crippen LogP contribution in [0, 0.1) is 17.8 Å². The van der Waals surface area contributed by atoms with Gasteiger partial charge in [0.1, 0.15) is 5.76 Å². The van der Waals surface area contributed by atoms with E-state index in [1.165, 1.54) is 11.2 Å². The maximum Gasteiger partial charge on any atom is 0.233 e. The molecule has 1 aromatic rings. The van der Waals surface area contributed by atoms with Crippen molar-refractivity contribution >= 4 is 11.8 Å². The molecule has 3 rings (SSSR count). The minimum Gasteiger partial charge on any atom is -0.467 e. The number of piperidine rings is 1. The van der Waals surface area contributed by atoms with Crippen LogP contribution in [0.4, 0.5) is 0 Å². The molecule has 2 unspecified atom stereocenters. The Bertz CT molecular complexity index is 418. The minimum absolute atomic E-state index is 0.0767. The molecule has 0 radical (unpaired) electrons. The van der Waals surface area contributed by atoms with Gasteiger partial charge >= 0.3 is 0 Å². The molecular formula is C11H12N2O3. The van der Waals surface area contributed by atoms with Crippen molar-refractivity contribution in [3.63, 3.8) is 0 Å². The fourth-order valence-corrected chi connectivity index (χ4v) is 2.52. The van der Waals surface area contributed by atoms with E-state index < -0.39 is 0 Å². The SMILES string of the molecule is NCC1C2C(=O)N(Cc3ccco3)C(=O)C12. The maximum atomic E-state index is 11.9. The van der Waals surface area contributed by atoms with E-state index >= 15 is 0 Å². The molecule has 1 saturated heterocycles. The summed E-state index contributed by atoms with van der Waals surface area (Å²) in [5.74, 6) is 0.198. The van der Waals surface area contributed by atoms with Gasteiger partial charge in [-0.15, -0.1) is 0 Å². The predicted octanol–water partition coefficient (Wildman–Crippen LogP) is -0.0307. The van der Waals surface area contributed by atoms with Crippen molar-refractivity contribution in [2.75, 3.05) is 6.54 Å². The van der Waals surface area contributed by atoms with Gasteiger partial charge in [-0.2, -0.15) is 0 Å². The van der Waals surface area contributed by atoms with Crippen LogP contribution >= 0.6 is 0 Å². The zero-order valence-corrected chi connectivity index (χ0v) is 8.63. The fraction of sp³-hybridized carbons (Fsp3) is 0.455. The average molecular weight is 220 g/mol. The summed E-state index contributed by atoms with van der Waals surface area (Å²) in [5, 5.41) is 0. The molecule has 5 nitrogen and oxygen atoms in total. The second kappa shape index (κ2) is 3.18. The number of furan rings is 1. The van der Waals surface area contributed by atoms with Crippen LogP contribution in [0.3, 0.4) is 0 Å². The van der Waals surface area contributed by atoms with E-state index in [2.05, 4.69) is 0 Å². The second-order valence-corrected chi connectivity index (χ2v) is 4.29. The molecular weight excluding hydrogens is 208 g/mol. The van der Waals surface area contributed by atoms with Crippen molar-refractivity contribution in [1.82, 2.24) is 4.90 Å². The van der Waals surface area contributed by atoms with Gasteiger partial charge < -0.3 is 10.2 Å². The molecule has 16 heavy (non-hydrogen) atoms. The number of fused-ring (bicyclic) bond motifs is 1. The molecule has 5 heteroatoms. The Hall–Kier alpha value is -1.62. The van der Waals surface area contributed by atoms with Gasteiger partial charge in [0, 0.05) is 0 Å². The Morgan fingerprint density at radius 2 is 2.00 bits per heavy atom. The number of likely N-dealkylation sites (tertiary alicyclic amines) is 1. The highest BCUT2D eigenvalue weighted by Gasteiger charge is 2.66. The number of nitrogens with two attached hydrogens (primary N) is 1. The molecule has 2 amide bonds. The van der Waals surface area contributed by atoms with E-state index in [0.29, 0.717) is 12.3 Å². The molecule has 2 aliphatic rings. The summed E-state index contributed by atoms with van der Waals surface area (Å²) in [5.41, 5.74) is 5.49. The molecule has 1 aromatic heterocycles. The Morgan fingerprint density at radius 1 is 1.31 bits per heavy atom. The number of hydrogen-bond acceptors (Lipinski definition) is 4. The van der Waals surface area contributed by atoms with E-state index in [4.69, 9.17) is 10.2 Å². The Balaban J connectivity index is 1.76. The summed E-state index contributed by atoms with van der Waals surface area (Å²) in [4.78, 5) is 25.0. The van der Waals surface area contributed by atoms with Crippen LogP contribution < -0.4 is 5.73 Å². The van der Waals surface area contributed by atoms with Gasteiger partial charge in [0.05, 0.1) is 24.6 Å². The molecule has 2 fully saturated rings. The summed E-state index contributed by atoms with van der Waals surface area (Å²) < 4.78 is 5.12. The van der Waals surface area contributed by atoms with Crippen molar-refractivity contribution in [1.29, 1.82) is 0 Å². The second-order valence-electron chi connectivity index (χ2n) is 4.29. The predicted molar refractivity (Wildman–Crippen MR) is 53.8 cm³/mol. The lowest BCUT2D eigenvalue weighted by molar-refractivity contribution is -0.143. The first-order valence-corrected chi connectivity index (χ1v) is 5.31. The third-order valence-electron chi connectivity index (χ3n) is 3.44. The third kappa shape index (κ3) is 1.15. The quantitative estimate of drug-likeness (QED) is 0.726. The van der Waals surface area contributed by atoms with E-state index in [9.17, 15) is 9.59 Å².